The number of ether oxygens (including phenoxy) is 2. The molecule has 10 heteroatoms. The van der Waals surface area contributed by atoms with Gasteiger partial charge in [0.15, 0.2) is 17.1 Å². The Morgan fingerprint density at radius 3 is 2.60 bits per heavy atom. The van der Waals surface area contributed by atoms with E-state index in [2.05, 4.69) is 20.1 Å². The zero-order chi connectivity index (χ0) is 20.7. The smallest absolute Gasteiger partial charge is 0.483 e. The van der Waals surface area contributed by atoms with Crippen LogP contribution in [-0.2, 0) is 12.8 Å². The molecule has 1 saturated heterocycles. The average molecular weight is 419 g/mol. The number of nitrogens with one attached hydrogen (secondary N) is 1. The molecule has 1 N–H and O–H groups in total. The van der Waals surface area contributed by atoms with Crippen LogP contribution in [0, 0.1) is 0 Å². The predicted molar refractivity (Wildman–Crippen MR) is 103 cm³/mol. The summed E-state index contributed by atoms with van der Waals surface area (Å²) in [5, 5.41) is 7.82. The van der Waals surface area contributed by atoms with Crippen LogP contribution in [0.1, 0.15) is 11.3 Å². The molecule has 5 rings (SSSR count). The molecule has 158 valence electrons. The SMILES string of the molecule is FC(F)(F)Oc1ccccc1OC1CN(c2c3c(nc4ccnn24)CCNCC3)C1. The van der Waals surface area contributed by atoms with Crippen molar-refractivity contribution in [2.75, 3.05) is 31.1 Å². The topological polar surface area (TPSA) is 63.9 Å². The molecule has 0 spiro atoms. The van der Waals surface area contributed by atoms with Crippen LogP contribution in [0.15, 0.2) is 36.5 Å². The molecule has 0 bridgehead atoms. The normalized spacial score (nSPS) is 17.4. The molecule has 2 aliphatic heterocycles. The molecule has 30 heavy (non-hydrogen) atoms. The monoisotopic (exact) mass is 419 g/mol. The second-order valence-electron chi connectivity index (χ2n) is 7.35. The maximum atomic E-state index is 12.6. The zero-order valence-electron chi connectivity index (χ0n) is 16.0. The fraction of sp³-hybridized carbons (Fsp3) is 0.400. The lowest BCUT2D eigenvalue weighted by molar-refractivity contribution is -0.275. The Hall–Kier alpha value is -3.01. The highest BCUT2D eigenvalue weighted by Gasteiger charge is 2.36. The molecule has 0 aliphatic carbocycles. The van der Waals surface area contributed by atoms with E-state index in [0.29, 0.717) is 13.1 Å². The van der Waals surface area contributed by atoms with Gasteiger partial charge in [-0.15, -0.1) is 13.2 Å². The quantitative estimate of drug-likeness (QED) is 0.702. The first kappa shape index (κ1) is 19.0. The Kier molecular flexibility index (Phi) is 4.65. The summed E-state index contributed by atoms with van der Waals surface area (Å²) in [7, 11) is 0. The number of benzene rings is 1. The highest BCUT2D eigenvalue weighted by atomic mass is 19.4. The van der Waals surface area contributed by atoms with Crippen LogP contribution in [0.5, 0.6) is 11.5 Å². The van der Waals surface area contributed by atoms with Gasteiger partial charge >= 0.3 is 6.36 Å². The third-order valence-corrected chi connectivity index (χ3v) is 5.30. The van der Waals surface area contributed by atoms with Gasteiger partial charge in [-0.05, 0) is 25.1 Å². The summed E-state index contributed by atoms with van der Waals surface area (Å²) < 4.78 is 49.7. The molecular formula is C20H20F3N5O2. The minimum atomic E-state index is -4.76. The lowest BCUT2D eigenvalue weighted by atomic mass is 10.1. The fourth-order valence-electron chi connectivity index (χ4n) is 3.96. The van der Waals surface area contributed by atoms with Crippen molar-refractivity contribution in [2.45, 2.75) is 25.3 Å². The number of alkyl halides is 3. The summed E-state index contributed by atoms with van der Waals surface area (Å²) in [4.78, 5) is 6.89. The first-order chi connectivity index (χ1) is 14.5. The molecule has 0 amide bonds. The molecule has 1 fully saturated rings. The van der Waals surface area contributed by atoms with Crippen LogP contribution in [0.25, 0.3) is 5.65 Å². The minimum absolute atomic E-state index is 0.0847. The third-order valence-electron chi connectivity index (χ3n) is 5.30. The Bertz CT molecular complexity index is 1060. The summed E-state index contributed by atoms with van der Waals surface area (Å²) in [6, 6.07) is 7.72. The standard InChI is InChI=1S/C20H20F3N5O2/c21-20(22,23)30-17-4-2-1-3-16(17)29-13-11-27(12-13)19-14-5-8-24-9-6-15(14)26-18-7-10-25-28(18)19/h1-4,7,10,13,24H,5-6,8-9,11-12H2. The molecular weight excluding hydrogens is 399 g/mol. The van der Waals surface area contributed by atoms with Crippen LogP contribution < -0.4 is 19.7 Å². The van der Waals surface area contributed by atoms with E-state index in [4.69, 9.17) is 9.72 Å². The highest BCUT2D eigenvalue weighted by Crippen LogP contribution is 2.35. The number of para-hydroxylation sites is 2. The minimum Gasteiger partial charge on any atom is -0.483 e. The molecule has 0 saturated carbocycles. The van der Waals surface area contributed by atoms with Crippen LogP contribution >= 0.6 is 0 Å². The van der Waals surface area contributed by atoms with Gasteiger partial charge in [0, 0.05) is 24.6 Å². The van der Waals surface area contributed by atoms with Gasteiger partial charge in [0.25, 0.3) is 0 Å². The summed E-state index contributed by atoms with van der Waals surface area (Å²) in [6.07, 6.45) is -1.60. The second-order valence-corrected chi connectivity index (χ2v) is 7.35. The van der Waals surface area contributed by atoms with Gasteiger partial charge in [-0.1, -0.05) is 12.1 Å². The maximum Gasteiger partial charge on any atom is 0.573 e. The molecule has 0 atom stereocenters. The van der Waals surface area contributed by atoms with E-state index in [0.717, 1.165) is 48.7 Å². The Labute approximate surface area is 170 Å². The first-order valence-corrected chi connectivity index (χ1v) is 9.80. The van der Waals surface area contributed by atoms with Crippen molar-refractivity contribution in [3.8, 4) is 11.5 Å². The molecule has 3 aromatic rings. The van der Waals surface area contributed by atoms with E-state index in [1.54, 1.807) is 12.3 Å². The number of fused-ring (bicyclic) bond motifs is 2. The number of anilines is 1. The van der Waals surface area contributed by atoms with Crippen molar-refractivity contribution in [2.24, 2.45) is 0 Å². The van der Waals surface area contributed by atoms with Crippen molar-refractivity contribution < 1.29 is 22.6 Å². The van der Waals surface area contributed by atoms with Crippen LogP contribution in [0.3, 0.4) is 0 Å². The summed E-state index contributed by atoms with van der Waals surface area (Å²) >= 11 is 0. The summed E-state index contributed by atoms with van der Waals surface area (Å²) in [6.45, 7) is 2.83. The van der Waals surface area contributed by atoms with Crippen LogP contribution in [0.2, 0.25) is 0 Å². The lowest BCUT2D eigenvalue weighted by Gasteiger charge is -2.41. The van der Waals surface area contributed by atoms with Gasteiger partial charge in [-0.3, -0.25) is 0 Å². The van der Waals surface area contributed by atoms with Gasteiger partial charge in [-0.2, -0.15) is 9.61 Å². The van der Waals surface area contributed by atoms with E-state index >= 15 is 0 Å². The van der Waals surface area contributed by atoms with E-state index in [-0.39, 0.29) is 17.6 Å². The van der Waals surface area contributed by atoms with Gasteiger partial charge in [-0.25, -0.2) is 4.98 Å². The Balaban J connectivity index is 1.37. The van der Waals surface area contributed by atoms with E-state index < -0.39 is 6.36 Å². The van der Waals surface area contributed by atoms with Crippen molar-refractivity contribution >= 4 is 11.5 Å². The van der Waals surface area contributed by atoms with Crippen molar-refractivity contribution in [3.05, 3.63) is 47.8 Å². The zero-order valence-corrected chi connectivity index (χ0v) is 16.0. The Morgan fingerprint density at radius 2 is 1.80 bits per heavy atom. The van der Waals surface area contributed by atoms with Gasteiger partial charge in [0.2, 0.25) is 0 Å². The molecule has 7 nitrogen and oxygen atoms in total. The van der Waals surface area contributed by atoms with Crippen molar-refractivity contribution in [1.82, 2.24) is 19.9 Å². The van der Waals surface area contributed by atoms with Gasteiger partial charge < -0.3 is 19.7 Å². The van der Waals surface area contributed by atoms with Crippen molar-refractivity contribution in [1.29, 1.82) is 0 Å². The van der Waals surface area contributed by atoms with Crippen molar-refractivity contribution in [3.63, 3.8) is 0 Å². The average Bonchev–Trinajstić information content (AvgIpc) is 3.00. The highest BCUT2D eigenvalue weighted by molar-refractivity contribution is 5.59. The largest absolute Gasteiger partial charge is 0.573 e. The maximum absolute atomic E-state index is 12.6. The summed E-state index contributed by atoms with van der Waals surface area (Å²) in [5.41, 5.74) is 3.02. The number of nitrogens with zero attached hydrogens (tertiary/aromatic N) is 4. The molecule has 0 radical (unpaired) electrons. The molecule has 1 aromatic carbocycles. The first-order valence-electron chi connectivity index (χ1n) is 9.80. The number of halogens is 3. The van der Waals surface area contributed by atoms with Crippen LogP contribution in [-0.4, -0.2) is 53.2 Å². The Morgan fingerprint density at radius 1 is 1.03 bits per heavy atom. The number of aromatic nitrogens is 3. The van der Waals surface area contributed by atoms with Gasteiger partial charge in [0.05, 0.1) is 25.0 Å². The number of hydrogen-bond donors (Lipinski definition) is 1. The van der Waals surface area contributed by atoms with E-state index in [1.807, 2.05) is 10.6 Å². The number of rotatable bonds is 4. The molecule has 2 aliphatic rings. The third kappa shape index (κ3) is 3.62. The molecule has 4 heterocycles. The summed E-state index contributed by atoms with van der Waals surface area (Å²) in [5.74, 6) is 0.742. The second kappa shape index (κ2) is 7.35. The molecule has 2 aromatic heterocycles. The lowest BCUT2D eigenvalue weighted by Crippen LogP contribution is -2.55. The fourth-order valence-corrected chi connectivity index (χ4v) is 3.96. The van der Waals surface area contributed by atoms with E-state index in [1.165, 1.54) is 18.2 Å². The van der Waals surface area contributed by atoms with E-state index in [9.17, 15) is 13.2 Å². The van der Waals surface area contributed by atoms with Crippen LogP contribution in [0.4, 0.5) is 19.0 Å². The molecule has 0 unspecified atom stereocenters. The number of hydrogen-bond acceptors (Lipinski definition) is 6. The van der Waals surface area contributed by atoms with Gasteiger partial charge in [0.1, 0.15) is 11.9 Å². The predicted octanol–water partition coefficient (Wildman–Crippen LogP) is 2.58.